The molecule has 29 heavy (non-hydrogen) atoms. The number of nitrogens with zero attached hydrogens (tertiary/aromatic N) is 1. The van der Waals surface area contributed by atoms with Gasteiger partial charge in [-0.2, -0.15) is 0 Å². The summed E-state index contributed by atoms with van der Waals surface area (Å²) < 4.78 is 18.6. The van der Waals surface area contributed by atoms with Crippen molar-refractivity contribution in [3.05, 3.63) is 95.2 Å². The maximum Gasteiger partial charge on any atom is 0.290 e. The Morgan fingerprint density at radius 2 is 1.90 bits per heavy atom. The predicted octanol–water partition coefficient (Wildman–Crippen LogP) is 3.34. The first-order valence-corrected chi connectivity index (χ1v) is 9.55. The van der Waals surface area contributed by atoms with Crippen molar-refractivity contribution in [2.24, 2.45) is 0 Å². The molecule has 1 atom stereocenters. The molecule has 0 bridgehead atoms. The van der Waals surface area contributed by atoms with E-state index in [1.54, 1.807) is 23.1 Å². The number of hydrogen-bond acceptors (Lipinski definition) is 3. The molecule has 1 unspecified atom stereocenters. The predicted molar refractivity (Wildman–Crippen MR) is 106 cm³/mol. The molecule has 1 N–H and O–H groups in total. The molecular weight excluding hydrogens is 371 g/mol. The number of fused-ring (bicyclic) bond motifs is 1. The number of benzene rings is 2. The molecular formula is C23H21FN2O3. The van der Waals surface area contributed by atoms with Crippen LogP contribution in [-0.4, -0.2) is 29.3 Å². The van der Waals surface area contributed by atoms with Gasteiger partial charge in [0.1, 0.15) is 11.9 Å². The summed E-state index contributed by atoms with van der Waals surface area (Å²) in [6.07, 6.45) is 2.40. The Bertz CT molecular complexity index is 1020. The van der Waals surface area contributed by atoms with Gasteiger partial charge in [-0.3, -0.25) is 9.59 Å². The zero-order chi connectivity index (χ0) is 20.2. The topological polar surface area (TPSA) is 62.6 Å². The molecule has 1 aliphatic heterocycles. The highest BCUT2D eigenvalue weighted by molar-refractivity contribution is 5.96. The number of nitrogens with one attached hydrogen (secondary N) is 1. The molecule has 0 aliphatic carbocycles. The van der Waals surface area contributed by atoms with Crippen LogP contribution in [0.4, 0.5) is 4.39 Å². The number of carbonyl (C=O) groups excluding carboxylic acids is 2. The van der Waals surface area contributed by atoms with Crippen LogP contribution >= 0.6 is 0 Å². The van der Waals surface area contributed by atoms with Crippen molar-refractivity contribution in [3.8, 4) is 0 Å². The third kappa shape index (κ3) is 4.21. The minimum absolute atomic E-state index is 0.210. The third-order valence-corrected chi connectivity index (χ3v) is 5.15. The minimum atomic E-state index is -0.630. The second-order valence-electron chi connectivity index (χ2n) is 7.07. The maximum absolute atomic E-state index is 13.3. The number of carbonyl (C=O) groups is 2. The van der Waals surface area contributed by atoms with Crippen LogP contribution in [0.3, 0.4) is 0 Å². The first-order valence-electron chi connectivity index (χ1n) is 9.55. The van der Waals surface area contributed by atoms with Gasteiger partial charge in [0.15, 0.2) is 5.76 Å². The van der Waals surface area contributed by atoms with Crippen LogP contribution in [0.1, 0.15) is 27.2 Å². The Hall–Kier alpha value is -3.41. The van der Waals surface area contributed by atoms with Crippen molar-refractivity contribution in [2.45, 2.75) is 25.4 Å². The van der Waals surface area contributed by atoms with Gasteiger partial charge in [-0.1, -0.05) is 36.4 Å². The highest BCUT2D eigenvalue weighted by atomic mass is 19.1. The van der Waals surface area contributed by atoms with Crippen molar-refractivity contribution >= 4 is 11.8 Å². The maximum atomic E-state index is 13.3. The Morgan fingerprint density at radius 3 is 2.66 bits per heavy atom. The van der Waals surface area contributed by atoms with Crippen LogP contribution in [0.5, 0.6) is 0 Å². The molecule has 0 saturated heterocycles. The van der Waals surface area contributed by atoms with Crippen LogP contribution in [-0.2, 0) is 24.2 Å². The number of rotatable bonds is 5. The zero-order valence-corrected chi connectivity index (χ0v) is 15.8. The fraction of sp³-hybridized carbons (Fsp3) is 0.217. The van der Waals surface area contributed by atoms with E-state index in [0.717, 1.165) is 16.7 Å². The molecule has 0 fully saturated rings. The van der Waals surface area contributed by atoms with E-state index in [-0.39, 0.29) is 23.4 Å². The molecule has 2 heterocycles. The van der Waals surface area contributed by atoms with E-state index in [4.69, 9.17) is 4.42 Å². The van der Waals surface area contributed by atoms with Gasteiger partial charge in [-0.15, -0.1) is 0 Å². The van der Waals surface area contributed by atoms with Gasteiger partial charge in [0, 0.05) is 19.5 Å². The van der Waals surface area contributed by atoms with Crippen LogP contribution in [0.15, 0.2) is 71.3 Å². The van der Waals surface area contributed by atoms with Crippen molar-refractivity contribution in [3.63, 3.8) is 0 Å². The summed E-state index contributed by atoms with van der Waals surface area (Å²) >= 11 is 0. The zero-order valence-electron chi connectivity index (χ0n) is 15.8. The molecule has 6 heteroatoms. The quantitative estimate of drug-likeness (QED) is 0.724. The highest BCUT2D eigenvalue weighted by Crippen LogP contribution is 2.25. The summed E-state index contributed by atoms with van der Waals surface area (Å²) in [5, 5.41) is 2.90. The Labute approximate surface area is 168 Å². The van der Waals surface area contributed by atoms with Gasteiger partial charge in [-0.05, 0) is 47.4 Å². The molecule has 1 aromatic heterocycles. The molecule has 2 amide bonds. The highest BCUT2D eigenvalue weighted by Gasteiger charge is 2.35. The largest absolute Gasteiger partial charge is 0.459 e. The van der Waals surface area contributed by atoms with Gasteiger partial charge >= 0.3 is 0 Å². The van der Waals surface area contributed by atoms with Crippen molar-refractivity contribution in [2.75, 3.05) is 6.54 Å². The van der Waals surface area contributed by atoms with Gasteiger partial charge in [0.25, 0.3) is 5.91 Å². The Balaban J connectivity index is 1.49. The number of furan rings is 1. The number of halogens is 1. The van der Waals surface area contributed by atoms with E-state index in [1.165, 1.54) is 18.4 Å². The molecule has 3 aromatic rings. The minimum Gasteiger partial charge on any atom is -0.459 e. The smallest absolute Gasteiger partial charge is 0.290 e. The van der Waals surface area contributed by atoms with E-state index < -0.39 is 6.04 Å². The fourth-order valence-corrected chi connectivity index (χ4v) is 3.65. The van der Waals surface area contributed by atoms with Crippen LogP contribution in [0.2, 0.25) is 0 Å². The summed E-state index contributed by atoms with van der Waals surface area (Å²) in [5.74, 6) is -0.625. The number of amides is 2. The molecule has 4 rings (SSSR count). The Kier molecular flexibility index (Phi) is 5.42. The first kappa shape index (κ1) is 18.9. The normalized spacial score (nSPS) is 15.6. The second kappa shape index (κ2) is 8.31. The summed E-state index contributed by atoms with van der Waals surface area (Å²) in [6, 6.07) is 16.7. The summed E-state index contributed by atoms with van der Waals surface area (Å²) in [5.41, 5.74) is 2.89. The molecule has 2 aromatic carbocycles. The SMILES string of the molecule is O=C(NCCc1cccc(F)c1)C1Cc2ccccc2CN1C(=O)c1ccco1. The lowest BCUT2D eigenvalue weighted by atomic mass is 9.93. The van der Waals surface area contributed by atoms with E-state index in [9.17, 15) is 14.0 Å². The van der Waals surface area contributed by atoms with E-state index in [1.807, 2.05) is 30.3 Å². The van der Waals surface area contributed by atoms with Crippen LogP contribution < -0.4 is 5.32 Å². The van der Waals surface area contributed by atoms with Crippen molar-refractivity contribution in [1.82, 2.24) is 10.2 Å². The molecule has 0 spiro atoms. The number of hydrogen-bond donors (Lipinski definition) is 1. The lowest BCUT2D eigenvalue weighted by molar-refractivity contribution is -0.126. The van der Waals surface area contributed by atoms with E-state index in [0.29, 0.717) is 25.9 Å². The van der Waals surface area contributed by atoms with Gasteiger partial charge in [-0.25, -0.2) is 4.39 Å². The fourth-order valence-electron chi connectivity index (χ4n) is 3.65. The van der Waals surface area contributed by atoms with Gasteiger partial charge < -0.3 is 14.6 Å². The van der Waals surface area contributed by atoms with Gasteiger partial charge in [0.05, 0.1) is 6.26 Å². The standard InChI is InChI=1S/C23H21FN2O3/c24-19-8-3-5-16(13-19)10-11-25-22(27)20-14-17-6-1-2-7-18(17)15-26(20)23(28)21-9-4-12-29-21/h1-9,12-13,20H,10-11,14-15H2,(H,25,27). The average molecular weight is 392 g/mol. The van der Waals surface area contributed by atoms with E-state index >= 15 is 0 Å². The molecule has 0 saturated carbocycles. The first-order chi connectivity index (χ1) is 14.1. The van der Waals surface area contributed by atoms with Gasteiger partial charge in [0.2, 0.25) is 5.91 Å². The lowest BCUT2D eigenvalue weighted by Gasteiger charge is -2.35. The van der Waals surface area contributed by atoms with Crippen LogP contribution in [0.25, 0.3) is 0 Å². The molecule has 1 aliphatic rings. The van der Waals surface area contributed by atoms with Crippen molar-refractivity contribution < 1.29 is 18.4 Å². The second-order valence-corrected chi connectivity index (χ2v) is 7.07. The molecule has 5 nitrogen and oxygen atoms in total. The lowest BCUT2D eigenvalue weighted by Crippen LogP contribution is -2.52. The summed E-state index contributed by atoms with van der Waals surface area (Å²) in [7, 11) is 0. The summed E-state index contributed by atoms with van der Waals surface area (Å²) in [4.78, 5) is 27.4. The monoisotopic (exact) mass is 392 g/mol. The van der Waals surface area contributed by atoms with Crippen LogP contribution in [0, 0.1) is 5.82 Å². The van der Waals surface area contributed by atoms with E-state index in [2.05, 4.69) is 5.32 Å². The Morgan fingerprint density at radius 1 is 1.07 bits per heavy atom. The average Bonchev–Trinajstić information content (AvgIpc) is 3.27. The summed E-state index contributed by atoms with van der Waals surface area (Å²) in [6.45, 7) is 0.709. The molecule has 148 valence electrons. The van der Waals surface area contributed by atoms with Crippen molar-refractivity contribution in [1.29, 1.82) is 0 Å². The third-order valence-electron chi connectivity index (χ3n) is 5.15. The molecule has 0 radical (unpaired) electrons.